The monoisotopic (exact) mass is 499 g/mol. The average Bonchev–Trinajstić information content (AvgIpc) is 3.30. The van der Waals surface area contributed by atoms with Gasteiger partial charge >= 0.3 is 0 Å². The summed E-state index contributed by atoms with van der Waals surface area (Å²) in [7, 11) is 3.27. The first kappa shape index (κ1) is 23.7. The van der Waals surface area contributed by atoms with Crippen molar-refractivity contribution in [2.24, 2.45) is 0 Å². The van der Waals surface area contributed by atoms with Crippen LogP contribution in [0.5, 0.6) is 11.5 Å². The van der Waals surface area contributed by atoms with Gasteiger partial charge < -0.3 is 13.9 Å². The van der Waals surface area contributed by atoms with Crippen molar-refractivity contribution < 1.29 is 13.9 Å². The number of ether oxygens (including phenoxy) is 2. The van der Waals surface area contributed by atoms with Crippen LogP contribution in [0.4, 0.5) is 0 Å². The molecule has 0 saturated carbocycles. The number of benzene rings is 3. The summed E-state index contributed by atoms with van der Waals surface area (Å²) in [6, 6.07) is 22.7. The first-order valence-corrected chi connectivity index (χ1v) is 12.4. The zero-order valence-corrected chi connectivity index (χ0v) is 21.0. The van der Waals surface area contributed by atoms with E-state index in [4.69, 9.17) is 23.9 Å². The first-order chi connectivity index (χ1) is 17.6. The summed E-state index contributed by atoms with van der Waals surface area (Å²) in [4.78, 5) is 23.0. The van der Waals surface area contributed by atoms with E-state index in [2.05, 4.69) is 0 Å². The van der Waals surface area contributed by atoms with Gasteiger partial charge in [0.2, 0.25) is 5.89 Å². The molecule has 0 saturated heterocycles. The van der Waals surface area contributed by atoms with Crippen molar-refractivity contribution in [3.05, 3.63) is 100 Å². The van der Waals surface area contributed by atoms with Crippen molar-refractivity contribution in [3.63, 3.8) is 0 Å². The summed E-state index contributed by atoms with van der Waals surface area (Å²) >= 11 is 1.47. The molecule has 0 amide bonds. The van der Waals surface area contributed by atoms with Crippen molar-refractivity contribution in [2.45, 2.75) is 24.4 Å². The maximum absolute atomic E-state index is 13.4. The molecule has 0 radical (unpaired) electrons. The first-order valence-electron chi connectivity index (χ1n) is 11.4. The van der Waals surface area contributed by atoms with Crippen molar-refractivity contribution in [2.75, 3.05) is 14.2 Å². The fraction of sp³-hybridized carbons (Fsp3) is 0.179. The van der Waals surface area contributed by atoms with Crippen LogP contribution >= 0.6 is 11.8 Å². The van der Waals surface area contributed by atoms with Crippen molar-refractivity contribution in [1.29, 1.82) is 0 Å². The van der Waals surface area contributed by atoms with Crippen molar-refractivity contribution in [3.8, 4) is 23.0 Å². The van der Waals surface area contributed by atoms with Gasteiger partial charge in [0.15, 0.2) is 5.16 Å². The van der Waals surface area contributed by atoms with E-state index < -0.39 is 0 Å². The van der Waals surface area contributed by atoms with Crippen molar-refractivity contribution in [1.82, 2.24) is 14.5 Å². The van der Waals surface area contributed by atoms with Crippen LogP contribution in [-0.2, 0) is 12.3 Å². The SMILES string of the molecule is COc1ccc(Cn2c(SCc3nc(-c4ccc(OC)cc4)oc3C)nc3ccccc3c2=O)cc1. The maximum atomic E-state index is 13.4. The van der Waals surface area contributed by atoms with Gasteiger partial charge in [-0.1, -0.05) is 36.0 Å². The summed E-state index contributed by atoms with van der Waals surface area (Å²) in [6.07, 6.45) is 0. The minimum Gasteiger partial charge on any atom is -0.497 e. The lowest BCUT2D eigenvalue weighted by atomic mass is 10.2. The third-order valence-electron chi connectivity index (χ3n) is 5.89. The highest BCUT2D eigenvalue weighted by Gasteiger charge is 2.16. The Balaban J connectivity index is 1.45. The second-order valence-electron chi connectivity index (χ2n) is 8.19. The predicted octanol–water partition coefficient (Wildman–Crippen LogP) is 5.72. The third kappa shape index (κ3) is 4.85. The predicted molar refractivity (Wildman–Crippen MR) is 141 cm³/mol. The Hall–Kier alpha value is -4.04. The quantitative estimate of drug-likeness (QED) is 0.200. The van der Waals surface area contributed by atoms with Gasteiger partial charge in [-0.3, -0.25) is 9.36 Å². The van der Waals surface area contributed by atoms with E-state index >= 15 is 0 Å². The van der Waals surface area contributed by atoms with E-state index in [1.165, 1.54) is 11.8 Å². The van der Waals surface area contributed by atoms with Gasteiger partial charge in [-0.15, -0.1) is 0 Å². The molecule has 0 atom stereocenters. The lowest BCUT2D eigenvalue weighted by Crippen LogP contribution is -2.24. The molecular weight excluding hydrogens is 474 g/mol. The van der Waals surface area contributed by atoms with Gasteiger partial charge in [0.1, 0.15) is 17.3 Å². The molecule has 0 aliphatic carbocycles. The summed E-state index contributed by atoms with van der Waals surface area (Å²) < 4.78 is 18.1. The number of rotatable bonds is 8. The van der Waals surface area contributed by atoms with E-state index in [0.29, 0.717) is 34.2 Å². The molecule has 0 aliphatic heterocycles. The zero-order chi connectivity index (χ0) is 25.1. The standard InChI is InChI=1S/C28H25N3O4S/c1-18-25(29-26(35-18)20-10-14-22(34-3)15-11-20)17-36-28-30-24-7-5-4-6-23(24)27(32)31(28)16-19-8-12-21(33-2)13-9-19/h4-15H,16-17H2,1-3H3. The largest absolute Gasteiger partial charge is 0.497 e. The lowest BCUT2D eigenvalue weighted by Gasteiger charge is -2.13. The van der Waals surface area contributed by atoms with E-state index in [1.807, 2.05) is 79.7 Å². The number of hydrogen-bond donors (Lipinski definition) is 0. The van der Waals surface area contributed by atoms with Crippen LogP contribution in [0.2, 0.25) is 0 Å². The molecule has 0 unspecified atom stereocenters. The maximum Gasteiger partial charge on any atom is 0.262 e. The van der Waals surface area contributed by atoms with E-state index in [1.54, 1.807) is 18.8 Å². The molecule has 7 nitrogen and oxygen atoms in total. The molecule has 0 aliphatic rings. The van der Waals surface area contributed by atoms with Gasteiger partial charge in [-0.25, -0.2) is 9.97 Å². The van der Waals surface area contributed by atoms with Crippen LogP contribution in [0, 0.1) is 6.92 Å². The molecule has 5 aromatic rings. The highest BCUT2D eigenvalue weighted by Crippen LogP contribution is 2.28. The molecule has 0 N–H and O–H groups in total. The number of thioether (sulfide) groups is 1. The summed E-state index contributed by atoms with van der Waals surface area (Å²) in [5, 5.41) is 1.22. The van der Waals surface area contributed by atoms with Crippen LogP contribution in [0.15, 0.2) is 87.2 Å². The van der Waals surface area contributed by atoms with Gasteiger partial charge in [-0.2, -0.15) is 0 Å². The second kappa shape index (κ2) is 10.3. The van der Waals surface area contributed by atoms with E-state index in [0.717, 1.165) is 34.1 Å². The average molecular weight is 500 g/mol. The van der Waals surface area contributed by atoms with Gasteiger partial charge in [0.05, 0.1) is 37.4 Å². The normalized spacial score (nSPS) is 11.1. The highest BCUT2D eigenvalue weighted by molar-refractivity contribution is 7.98. The number of fused-ring (bicyclic) bond motifs is 1. The van der Waals surface area contributed by atoms with Gasteiger partial charge in [-0.05, 0) is 61.0 Å². The lowest BCUT2D eigenvalue weighted by molar-refractivity contribution is 0.414. The molecule has 0 fully saturated rings. The number of methoxy groups -OCH3 is 2. The molecule has 3 aromatic carbocycles. The third-order valence-corrected chi connectivity index (χ3v) is 6.88. The molecule has 36 heavy (non-hydrogen) atoms. The Morgan fingerprint density at radius 1 is 0.889 bits per heavy atom. The Morgan fingerprint density at radius 2 is 1.56 bits per heavy atom. The molecule has 0 bridgehead atoms. The Morgan fingerprint density at radius 3 is 2.25 bits per heavy atom. The van der Waals surface area contributed by atoms with Crippen LogP contribution in [0.25, 0.3) is 22.4 Å². The number of oxazole rings is 1. The number of hydrogen-bond acceptors (Lipinski definition) is 7. The summed E-state index contributed by atoms with van der Waals surface area (Å²) in [5.41, 5.74) is 3.26. The number of nitrogens with zero attached hydrogens (tertiary/aromatic N) is 3. The fourth-order valence-corrected chi connectivity index (χ4v) is 4.86. The fourth-order valence-electron chi connectivity index (χ4n) is 3.86. The highest BCUT2D eigenvalue weighted by atomic mass is 32.2. The van der Waals surface area contributed by atoms with Crippen LogP contribution < -0.4 is 15.0 Å². The number of para-hydroxylation sites is 1. The minimum absolute atomic E-state index is 0.0743. The smallest absolute Gasteiger partial charge is 0.262 e. The molecule has 2 heterocycles. The molecule has 8 heteroatoms. The molecule has 182 valence electrons. The molecule has 5 rings (SSSR count). The topological polar surface area (TPSA) is 79.4 Å². The van der Waals surface area contributed by atoms with Crippen LogP contribution in [-0.4, -0.2) is 28.8 Å². The number of aryl methyl sites for hydroxylation is 1. The second-order valence-corrected chi connectivity index (χ2v) is 9.13. The Labute approximate surface area is 212 Å². The van der Waals surface area contributed by atoms with Gasteiger partial charge in [0, 0.05) is 11.3 Å². The molecule has 0 spiro atoms. The van der Waals surface area contributed by atoms with E-state index in [9.17, 15) is 4.79 Å². The number of aromatic nitrogens is 3. The molecule has 2 aromatic heterocycles. The van der Waals surface area contributed by atoms with E-state index in [-0.39, 0.29) is 5.56 Å². The van der Waals surface area contributed by atoms with Crippen LogP contribution in [0.3, 0.4) is 0 Å². The summed E-state index contributed by atoms with van der Waals surface area (Å²) in [6.45, 7) is 2.30. The minimum atomic E-state index is -0.0743. The summed E-state index contributed by atoms with van der Waals surface area (Å²) in [5.74, 6) is 3.34. The van der Waals surface area contributed by atoms with Crippen molar-refractivity contribution >= 4 is 22.7 Å². The Bertz CT molecular complexity index is 1560. The van der Waals surface area contributed by atoms with Gasteiger partial charge in [0.25, 0.3) is 5.56 Å². The molecular formula is C28H25N3O4S. The zero-order valence-electron chi connectivity index (χ0n) is 20.2. The van der Waals surface area contributed by atoms with Crippen LogP contribution in [0.1, 0.15) is 17.0 Å². The Kier molecular flexibility index (Phi) is 6.77.